The van der Waals surface area contributed by atoms with E-state index in [0.717, 1.165) is 24.1 Å². The summed E-state index contributed by atoms with van der Waals surface area (Å²) in [6.45, 7) is 10.00. The summed E-state index contributed by atoms with van der Waals surface area (Å²) >= 11 is 0. The van der Waals surface area contributed by atoms with Crippen LogP contribution in [0.25, 0.3) is 0 Å². The van der Waals surface area contributed by atoms with Crippen LogP contribution in [-0.2, 0) is 23.3 Å². The summed E-state index contributed by atoms with van der Waals surface area (Å²) in [5, 5.41) is 7.19. The first-order valence-electron chi connectivity index (χ1n) is 8.58. The largest absolute Gasteiger partial charge is 0.322 e. The molecule has 2 aromatic rings. The minimum absolute atomic E-state index is 0.0458. The van der Waals surface area contributed by atoms with Crippen molar-refractivity contribution in [3.8, 4) is 0 Å². The number of halogens is 1. The van der Waals surface area contributed by atoms with Crippen molar-refractivity contribution in [3.05, 3.63) is 47.0 Å². The number of benzene rings is 1. The second-order valence-electron chi connectivity index (χ2n) is 7.69. The van der Waals surface area contributed by atoms with E-state index in [9.17, 15) is 9.18 Å². The molecule has 3 rings (SSSR count). The first-order valence-corrected chi connectivity index (χ1v) is 8.58. The number of carbonyl (C=O) groups is 1. The maximum atomic E-state index is 13.8. The predicted octanol–water partition coefficient (Wildman–Crippen LogP) is 3.08. The highest BCUT2D eigenvalue weighted by Crippen LogP contribution is 2.24. The smallest absolute Gasteiger partial charge is 0.238 e. The van der Waals surface area contributed by atoms with E-state index in [1.54, 1.807) is 12.1 Å². The molecule has 25 heavy (non-hydrogen) atoms. The molecule has 1 aromatic carbocycles. The van der Waals surface area contributed by atoms with Crippen molar-refractivity contribution >= 4 is 11.6 Å². The lowest BCUT2D eigenvalue weighted by molar-refractivity contribution is -0.117. The molecule has 0 radical (unpaired) electrons. The van der Waals surface area contributed by atoms with Gasteiger partial charge in [0.05, 0.1) is 24.0 Å². The van der Waals surface area contributed by atoms with Crippen molar-refractivity contribution in [1.82, 2.24) is 14.7 Å². The van der Waals surface area contributed by atoms with Crippen LogP contribution in [0.2, 0.25) is 0 Å². The van der Waals surface area contributed by atoms with Gasteiger partial charge >= 0.3 is 0 Å². The van der Waals surface area contributed by atoms with Crippen LogP contribution in [0.3, 0.4) is 0 Å². The van der Waals surface area contributed by atoms with Gasteiger partial charge in [-0.1, -0.05) is 6.07 Å². The van der Waals surface area contributed by atoms with Crippen molar-refractivity contribution in [2.24, 2.45) is 0 Å². The van der Waals surface area contributed by atoms with Gasteiger partial charge in [-0.2, -0.15) is 5.10 Å². The lowest BCUT2D eigenvalue weighted by Crippen LogP contribution is -2.38. The van der Waals surface area contributed by atoms with Gasteiger partial charge in [-0.05, 0) is 45.4 Å². The lowest BCUT2D eigenvalue weighted by atomic mass is 10.0. The van der Waals surface area contributed by atoms with E-state index in [1.807, 2.05) is 13.1 Å². The molecular weight excluding hydrogens is 319 g/mol. The molecule has 1 amide bonds. The topological polar surface area (TPSA) is 50.2 Å². The van der Waals surface area contributed by atoms with E-state index in [-0.39, 0.29) is 23.7 Å². The van der Waals surface area contributed by atoms with Crippen LogP contribution in [0.4, 0.5) is 10.1 Å². The zero-order chi connectivity index (χ0) is 18.2. The van der Waals surface area contributed by atoms with Crippen LogP contribution in [0.5, 0.6) is 0 Å². The molecular formula is C19H25FN4O. The number of fused-ring (bicyclic) bond motifs is 1. The summed E-state index contributed by atoms with van der Waals surface area (Å²) in [5.74, 6) is -0.609. The summed E-state index contributed by atoms with van der Waals surface area (Å²) in [6.07, 6.45) is 2.75. The van der Waals surface area contributed by atoms with Crippen molar-refractivity contribution in [3.63, 3.8) is 0 Å². The fourth-order valence-corrected chi connectivity index (χ4v) is 3.23. The molecule has 0 fully saturated rings. The van der Waals surface area contributed by atoms with Crippen LogP contribution in [0, 0.1) is 12.7 Å². The molecule has 5 nitrogen and oxygen atoms in total. The van der Waals surface area contributed by atoms with Gasteiger partial charge < -0.3 is 5.32 Å². The van der Waals surface area contributed by atoms with Crippen molar-refractivity contribution < 1.29 is 9.18 Å². The van der Waals surface area contributed by atoms with Crippen LogP contribution in [0.15, 0.2) is 24.4 Å². The van der Waals surface area contributed by atoms with E-state index in [4.69, 9.17) is 0 Å². The number of rotatable bonds is 3. The summed E-state index contributed by atoms with van der Waals surface area (Å²) in [5.41, 5.74) is 3.51. The Balaban J connectivity index is 1.64. The Morgan fingerprint density at radius 3 is 2.84 bits per heavy atom. The van der Waals surface area contributed by atoms with Crippen LogP contribution >= 0.6 is 0 Å². The Kier molecular flexibility index (Phi) is 4.64. The number of aromatic nitrogens is 2. The van der Waals surface area contributed by atoms with Crippen molar-refractivity contribution in [2.75, 3.05) is 18.4 Å². The second kappa shape index (κ2) is 6.59. The Hall–Kier alpha value is -2.21. The first-order chi connectivity index (χ1) is 11.7. The third-order valence-corrected chi connectivity index (χ3v) is 4.41. The number of amides is 1. The molecule has 1 N–H and O–H groups in total. The number of nitrogens with zero attached hydrogens (tertiary/aromatic N) is 3. The quantitative estimate of drug-likeness (QED) is 0.931. The highest BCUT2D eigenvalue weighted by molar-refractivity contribution is 5.92. The summed E-state index contributed by atoms with van der Waals surface area (Å²) in [4.78, 5) is 14.3. The minimum Gasteiger partial charge on any atom is -0.322 e. The van der Waals surface area contributed by atoms with Gasteiger partial charge in [0.1, 0.15) is 5.82 Å². The first kappa shape index (κ1) is 17.6. The van der Waals surface area contributed by atoms with Gasteiger partial charge in [0.15, 0.2) is 0 Å². The normalized spacial score (nSPS) is 15.1. The molecule has 0 saturated carbocycles. The van der Waals surface area contributed by atoms with Crippen molar-refractivity contribution in [1.29, 1.82) is 0 Å². The lowest BCUT2D eigenvalue weighted by Gasteiger charge is -2.29. The van der Waals surface area contributed by atoms with Crippen LogP contribution in [0.1, 0.15) is 37.6 Å². The SMILES string of the molecule is Cc1ccc(F)c(NC(=O)CN2CCc3c(cnn3C(C)(C)C)C2)c1. The molecule has 0 unspecified atom stereocenters. The third-order valence-electron chi connectivity index (χ3n) is 4.41. The monoisotopic (exact) mass is 344 g/mol. The maximum Gasteiger partial charge on any atom is 0.238 e. The van der Waals surface area contributed by atoms with Crippen molar-refractivity contribution in [2.45, 2.75) is 46.2 Å². The average Bonchev–Trinajstić information content (AvgIpc) is 2.94. The number of carbonyl (C=O) groups excluding carboxylic acids is 1. The molecule has 6 heteroatoms. The molecule has 0 bridgehead atoms. The molecule has 1 aliphatic rings. The Morgan fingerprint density at radius 1 is 1.36 bits per heavy atom. The van der Waals surface area contributed by atoms with Crippen LogP contribution in [-0.4, -0.2) is 33.7 Å². The van der Waals surface area contributed by atoms with Gasteiger partial charge in [-0.3, -0.25) is 14.4 Å². The van der Waals surface area contributed by atoms with E-state index >= 15 is 0 Å². The number of nitrogens with one attached hydrogen (secondary N) is 1. The maximum absolute atomic E-state index is 13.8. The molecule has 0 aliphatic carbocycles. The van der Waals surface area contributed by atoms with Gasteiger partial charge in [-0.15, -0.1) is 0 Å². The highest BCUT2D eigenvalue weighted by Gasteiger charge is 2.26. The van der Waals surface area contributed by atoms with Gasteiger partial charge in [-0.25, -0.2) is 4.39 Å². The zero-order valence-electron chi connectivity index (χ0n) is 15.3. The van der Waals surface area contributed by atoms with E-state index < -0.39 is 5.82 Å². The minimum atomic E-state index is -0.411. The standard InChI is InChI=1S/C19H25FN4O/c1-13-5-6-15(20)16(9-13)22-18(25)12-23-8-7-17-14(11-23)10-21-24(17)19(2,3)4/h5-6,9-10H,7-8,11-12H2,1-4H3,(H,22,25). The van der Waals surface area contributed by atoms with Crippen LogP contribution < -0.4 is 5.32 Å². The fraction of sp³-hybridized carbons (Fsp3) is 0.474. The molecule has 0 saturated heterocycles. The Bertz CT molecular complexity index is 791. The summed E-state index contributed by atoms with van der Waals surface area (Å²) in [6, 6.07) is 4.71. The molecule has 0 spiro atoms. The number of hydrogen-bond donors (Lipinski definition) is 1. The Morgan fingerprint density at radius 2 is 2.12 bits per heavy atom. The molecule has 0 atom stereocenters. The number of anilines is 1. The van der Waals surface area contributed by atoms with E-state index in [2.05, 4.69) is 40.8 Å². The second-order valence-corrected chi connectivity index (χ2v) is 7.69. The molecule has 2 heterocycles. The highest BCUT2D eigenvalue weighted by atomic mass is 19.1. The fourth-order valence-electron chi connectivity index (χ4n) is 3.23. The van der Waals surface area contributed by atoms with E-state index in [0.29, 0.717) is 6.54 Å². The average molecular weight is 344 g/mol. The number of hydrogen-bond acceptors (Lipinski definition) is 3. The third kappa shape index (κ3) is 3.90. The van der Waals surface area contributed by atoms with Gasteiger partial charge in [0.25, 0.3) is 0 Å². The molecule has 1 aromatic heterocycles. The van der Waals surface area contributed by atoms with Gasteiger partial charge in [0.2, 0.25) is 5.91 Å². The predicted molar refractivity (Wildman–Crippen MR) is 96.0 cm³/mol. The van der Waals surface area contributed by atoms with E-state index in [1.165, 1.54) is 11.8 Å². The number of aryl methyl sites for hydroxylation is 1. The summed E-state index contributed by atoms with van der Waals surface area (Å²) < 4.78 is 15.9. The molecule has 1 aliphatic heterocycles. The Labute approximate surface area is 147 Å². The summed E-state index contributed by atoms with van der Waals surface area (Å²) in [7, 11) is 0. The van der Waals surface area contributed by atoms with Gasteiger partial charge in [0, 0.05) is 30.8 Å². The zero-order valence-corrected chi connectivity index (χ0v) is 15.3. The molecule has 134 valence electrons.